The summed E-state index contributed by atoms with van der Waals surface area (Å²) in [7, 11) is 1.62. The molecule has 0 bridgehead atoms. The Kier molecular flexibility index (Phi) is 3.68. The molecule has 0 saturated carbocycles. The van der Waals surface area contributed by atoms with Crippen molar-refractivity contribution in [3.8, 4) is 5.75 Å². The van der Waals surface area contributed by atoms with Crippen LogP contribution in [-0.2, 0) is 4.74 Å². The van der Waals surface area contributed by atoms with Gasteiger partial charge < -0.3 is 19.9 Å². The lowest BCUT2D eigenvalue weighted by atomic mass is 10.2. The highest BCUT2D eigenvalue weighted by Crippen LogP contribution is 2.28. The van der Waals surface area contributed by atoms with Gasteiger partial charge in [-0.25, -0.2) is 0 Å². The molecule has 2 rings (SSSR count). The predicted octanol–water partition coefficient (Wildman–Crippen LogP) is 1.63. The minimum atomic E-state index is -0.449. The molecule has 4 nitrogen and oxygen atoms in total. The van der Waals surface area contributed by atoms with Gasteiger partial charge in [-0.1, -0.05) is 0 Å². The Morgan fingerprint density at radius 2 is 2.31 bits per heavy atom. The SMILES string of the molecule is COc1cc(NC2COCC2O)ccc1Br. The van der Waals surface area contributed by atoms with Crippen LogP contribution in [0, 0.1) is 0 Å². The quantitative estimate of drug-likeness (QED) is 0.887. The number of hydrogen-bond donors (Lipinski definition) is 2. The highest BCUT2D eigenvalue weighted by molar-refractivity contribution is 9.10. The van der Waals surface area contributed by atoms with Crippen LogP contribution in [0.1, 0.15) is 0 Å². The van der Waals surface area contributed by atoms with Gasteiger partial charge in [0.25, 0.3) is 0 Å². The molecular weight excluding hydrogens is 274 g/mol. The van der Waals surface area contributed by atoms with Crippen LogP contribution in [-0.4, -0.2) is 37.6 Å². The molecule has 0 amide bonds. The lowest BCUT2D eigenvalue weighted by Gasteiger charge is -2.16. The summed E-state index contributed by atoms with van der Waals surface area (Å²) < 4.78 is 11.3. The third-order valence-electron chi connectivity index (χ3n) is 2.55. The van der Waals surface area contributed by atoms with Crippen LogP contribution in [0.15, 0.2) is 22.7 Å². The van der Waals surface area contributed by atoms with E-state index in [1.807, 2.05) is 18.2 Å². The number of ether oxygens (including phenoxy) is 2. The average molecular weight is 288 g/mol. The number of rotatable bonds is 3. The van der Waals surface area contributed by atoms with Crippen molar-refractivity contribution in [3.05, 3.63) is 22.7 Å². The summed E-state index contributed by atoms with van der Waals surface area (Å²) in [6, 6.07) is 5.67. The fraction of sp³-hybridized carbons (Fsp3) is 0.455. The van der Waals surface area contributed by atoms with Crippen LogP contribution >= 0.6 is 15.9 Å². The van der Waals surface area contributed by atoms with E-state index in [-0.39, 0.29) is 6.04 Å². The zero-order valence-corrected chi connectivity index (χ0v) is 10.5. The summed E-state index contributed by atoms with van der Waals surface area (Å²) in [6.07, 6.45) is -0.449. The van der Waals surface area contributed by atoms with Crippen molar-refractivity contribution in [1.29, 1.82) is 0 Å². The summed E-state index contributed by atoms with van der Waals surface area (Å²) in [5.41, 5.74) is 0.912. The van der Waals surface area contributed by atoms with Crippen molar-refractivity contribution < 1.29 is 14.6 Å². The molecule has 1 aliphatic heterocycles. The molecule has 1 aliphatic rings. The van der Waals surface area contributed by atoms with Gasteiger partial charge in [-0.15, -0.1) is 0 Å². The van der Waals surface area contributed by atoms with Gasteiger partial charge in [0.15, 0.2) is 0 Å². The molecule has 5 heteroatoms. The van der Waals surface area contributed by atoms with Crippen LogP contribution in [0.3, 0.4) is 0 Å². The highest BCUT2D eigenvalue weighted by atomic mass is 79.9. The van der Waals surface area contributed by atoms with Gasteiger partial charge in [-0.05, 0) is 28.1 Å². The molecule has 0 aromatic heterocycles. The maximum Gasteiger partial charge on any atom is 0.135 e. The molecule has 16 heavy (non-hydrogen) atoms. The molecule has 1 saturated heterocycles. The van der Waals surface area contributed by atoms with Gasteiger partial charge in [-0.3, -0.25) is 0 Å². The minimum Gasteiger partial charge on any atom is -0.495 e. The van der Waals surface area contributed by atoms with Crippen LogP contribution in [0.5, 0.6) is 5.75 Å². The molecule has 1 heterocycles. The Hall–Kier alpha value is -0.780. The van der Waals surface area contributed by atoms with Gasteiger partial charge in [0.2, 0.25) is 0 Å². The highest BCUT2D eigenvalue weighted by Gasteiger charge is 2.25. The second-order valence-corrected chi connectivity index (χ2v) is 4.56. The van der Waals surface area contributed by atoms with Crippen molar-refractivity contribution in [3.63, 3.8) is 0 Å². The first kappa shape index (κ1) is 11.7. The smallest absolute Gasteiger partial charge is 0.135 e. The maximum atomic E-state index is 9.60. The third kappa shape index (κ3) is 2.48. The van der Waals surface area contributed by atoms with E-state index in [0.717, 1.165) is 15.9 Å². The van der Waals surface area contributed by atoms with Crippen molar-refractivity contribution in [1.82, 2.24) is 0 Å². The van der Waals surface area contributed by atoms with Gasteiger partial charge in [0.05, 0.1) is 36.9 Å². The lowest BCUT2D eigenvalue weighted by molar-refractivity contribution is 0.125. The zero-order chi connectivity index (χ0) is 11.5. The van der Waals surface area contributed by atoms with Crippen molar-refractivity contribution >= 4 is 21.6 Å². The molecule has 0 aliphatic carbocycles. The van der Waals surface area contributed by atoms with E-state index >= 15 is 0 Å². The molecule has 1 aromatic rings. The number of aliphatic hydroxyl groups is 1. The number of methoxy groups -OCH3 is 1. The van der Waals surface area contributed by atoms with E-state index in [2.05, 4.69) is 21.2 Å². The average Bonchev–Trinajstić information content (AvgIpc) is 2.67. The van der Waals surface area contributed by atoms with Crippen LogP contribution in [0.25, 0.3) is 0 Å². The first-order chi connectivity index (χ1) is 7.70. The first-order valence-electron chi connectivity index (χ1n) is 5.06. The molecule has 88 valence electrons. The van der Waals surface area contributed by atoms with Gasteiger partial charge in [-0.2, -0.15) is 0 Å². The standard InChI is InChI=1S/C11H14BrNO3/c1-15-11-4-7(2-3-8(11)12)13-9-5-16-6-10(9)14/h2-4,9-10,13-14H,5-6H2,1H3. The van der Waals surface area contributed by atoms with Crippen LogP contribution < -0.4 is 10.1 Å². The van der Waals surface area contributed by atoms with Crippen LogP contribution in [0.4, 0.5) is 5.69 Å². The second-order valence-electron chi connectivity index (χ2n) is 3.70. The van der Waals surface area contributed by atoms with Crippen molar-refractivity contribution in [2.45, 2.75) is 12.1 Å². The van der Waals surface area contributed by atoms with Crippen molar-refractivity contribution in [2.75, 3.05) is 25.6 Å². The second kappa shape index (κ2) is 5.03. The van der Waals surface area contributed by atoms with Gasteiger partial charge in [0, 0.05) is 11.8 Å². The Morgan fingerprint density at radius 1 is 1.50 bits per heavy atom. The van der Waals surface area contributed by atoms with E-state index in [4.69, 9.17) is 9.47 Å². The number of nitrogens with one attached hydrogen (secondary N) is 1. The number of anilines is 1. The van der Waals surface area contributed by atoms with E-state index in [1.165, 1.54) is 0 Å². The summed E-state index contributed by atoms with van der Waals surface area (Å²) in [5.74, 6) is 0.762. The topological polar surface area (TPSA) is 50.7 Å². The Morgan fingerprint density at radius 3 is 2.94 bits per heavy atom. The van der Waals surface area contributed by atoms with E-state index in [0.29, 0.717) is 13.2 Å². The lowest BCUT2D eigenvalue weighted by Crippen LogP contribution is -2.31. The molecular formula is C11H14BrNO3. The monoisotopic (exact) mass is 287 g/mol. The number of aliphatic hydroxyl groups excluding tert-OH is 1. The van der Waals surface area contributed by atoms with Crippen LogP contribution in [0.2, 0.25) is 0 Å². The normalized spacial score (nSPS) is 24.4. The fourth-order valence-electron chi connectivity index (χ4n) is 1.64. The van der Waals surface area contributed by atoms with E-state index < -0.39 is 6.10 Å². The minimum absolute atomic E-state index is 0.0501. The summed E-state index contributed by atoms with van der Waals surface area (Å²) >= 11 is 3.39. The molecule has 2 atom stereocenters. The fourth-order valence-corrected chi connectivity index (χ4v) is 2.05. The Bertz CT molecular complexity index is 372. The molecule has 0 spiro atoms. The van der Waals surface area contributed by atoms with E-state index in [9.17, 15) is 5.11 Å². The zero-order valence-electron chi connectivity index (χ0n) is 8.94. The predicted molar refractivity (Wildman–Crippen MR) is 64.9 cm³/mol. The van der Waals surface area contributed by atoms with Gasteiger partial charge in [0.1, 0.15) is 5.75 Å². The molecule has 1 aromatic carbocycles. The van der Waals surface area contributed by atoms with Gasteiger partial charge >= 0.3 is 0 Å². The molecule has 2 unspecified atom stereocenters. The third-order valence-corrected chi connectivity index (χ3v) is 3.21. The number of halogens is 1. The van der Waals surface area contributed by atoms with E-state index in [1.54, 1.807) is 7.11 Å². The first-order valence-corrected chi connectivity index (χ1v) is 5.86. The summed E-state index contributed by atoms with van der Waals surface area (Å²) in [4.78, 5) is 0. The number of hydrogen-bond acceptors (Lipinski definition) is 4. The Balaban J connectivity index is 2.09. The molecule has 2 N–H and O–H groups in total. The molecule has 0 radical (unpaired) electrons. The summed E-state index contributed by atoms with van der Waals surface area (Å²) in [6.45, 7) is 0.922. The Labute approximate surface area is 103 Å². The largest absolute Gasteiger partial charge is 0.495 e. The molecule has 1 fully saturated rings. The number of benzene rings is 1. The maximum absolute atomic E-state index is 9.60. The van der Waals surface area contributed by atoms with Crippen molar-refractivity contribution in [2.24, 2.45) is 0 Å². The summed E-state index contributed by atoms with van der Waals surface area (Å²) in [5, 5.41) is 12.8.